The first-order valence-corrected chi connectivity index (χ1v) is 13.6. The van der Waals surface area contributed by atoms with Crippen LogP contribution in [-0.2, 0) is 9.59 Å². The van der Waals surface area contributed by atoms with Gasteiger partial charge in [0, 0.05) is 29.7 Å². The van der Waals surface area contributed by atoms with E-state index in [4.69, 9.17) is 4.42 Å². The van der Waals surface area contributed by atoms with Gasteiger partial charge in [0.1, 0.15) is 11.8 Å². The molecule has 1 aromatic heterocycles. The number of furan rings is 1. The minimum atomic E-state index is -1.07. The quantitative estimate of drug-likeness (QED) is 0.481. The minimum absolute atomic E-state index is 0.0651. The highest BCUT2D eigenvalue weighted by Crippen LogP contribution is 2.41. The lowest BCUT2D eigenvalue weighted by Gasteiger charge is -2.47. The molecule has 2 aromatic rings. The van der Waals surface area contributed by atoms with Crippen molar-refractivity contribution < 1.29 is 23.9 Å². The molecule has 0 radical (unpaired) electrons. The predicted octanol–water partition coefficient (Wildman–Crippen LogP) is 4.80. The third-order valence-electron chi connectivity index (χ3n) is 7.93. The molecule has 4 rings (SSSR count). The van der Waals surface area contributed by atoms with Crippen LogP contribution in [0.15, 0.2) is 40.8 Å². The van der Waals surface area contributed by atoms with Crippen LogP contribution in [0.3, 0.4) is 0 Å². The number of nitrogens with one attached hydrogen (secondary N) is 2. The molecule has 2 amide bonds. The van der Waals surface area contributed by atoms with Crippen LogP contribution < -0.4 is 10.6 Å². The van der Waals surface area contributed by atoms with Crippen molar-refractivity contribution in [3.05, 3.63) is 47.7 Å². The molecule has 8 heteroatoms. The summed E-state index contributed by atoms with van der Waals surface area (Å²) in [6.07, 6.45) is 2.27. The summed E-state index contributed by atoms with van der Waals surface area (Å²) < 4.78 is 5.82. The first-order valence-electron chi connectivity index (χ1n) is 13.6. The molecule has 38 heavy (non-hydrogen) atoms. The summed E-state index contributed by atoms with van der Waals surface area (Å²) in [5, 5.41) is 16.5. The van der Waals surface area contributed by atoms with Crippen LogP contribution in [0, 0.1) is 5.41 Å². The van der Waals surface area contributed by atoms with Gasteiger partial charge < -0.3 is 25.1 Å². The second kappa shape index (κ2) is 10.6. The van der Waals surface area contributed by atoms with Crippen LogP contribution in [0.25, 0.3) is 11.3 Å². The molecule has 1 saturated heterocycles. The number of carbonyl (C=O) groups excluding carboxylic acids is 2. The highest BCUT2D eigenvalue weighted by atomic mass is 16.4. The molecular formula is C30H41N3O5. The smallest absolute Gasteiger partial charge is 0.311 e. The van der Waals surface area contributed by atoms with E-state index in [9.17, 15) is 19.5 Å². The normalized spacial score (nSPS) is 26.1. The van der Waals surface area contributed by atoms with Gasteiger partial charge in [-0.15, -0.1) is 0 Å². The van der Waals surface area contributed by atoms with E-state index < -0.39 is 29.4 Å². The van der Waals surface area contributed by atoms with Crippen molar-refractivity contribution in [3.8, 4) is 11.3 Å². The van der Waals surface area contributed by atoms with Crippen LogP contribution >= 0.6 is 0 Å². The molecular weight excluding hydrogens is 482 g/mol. The summed E-state index contributed by atoms with van der Waals surface area (Å²) in [7, 11) is 0. The van der Waals surface area contributed by atoms with Gasteiger partial charge >= 0.3 is 5.97 Å². The fraction of sp³-hybridized carbons (Fsp3) is 0.567. The highest BCUT2D eigenvalue weighted by Gasteiger charge is 2.52. The van der Waals surface area contributed by atoms with E-state index in [1.165, 1.54) is 5.56 Å². The number of aliphatic carboxylic acids is 1. The molecule has 0 bridgehead atoms. The molecule has 2 aliphatic rings. The lowest BCUT2D eigenvalue weighted by molar-refractivity contribution is -0.158. The Morgan fingerprint density at radius 1 is 1.08 bits per heavy atom. The second-order valence-electron chi connectivity index (χ2n) is 12.4. The van der Waals surface area contributed by atoms with Gasteiger partial charge in [-0.3, -0.25) is 14.4 Å². The van der Waals surface area contributed by atoms with E-state index in [0.29, 0.717) is 37.5 Å². The number of likely N-dealkylation sites (tertiary alicyclic amines) is 1. The fourth-order valence-corrected chi connectivity index (χ4v) is 5.91. The maximum Gasteiger partial charge on any atom is 0.311 e. The monoisotopic (exact) mass is 523 g/mol. The summed E-state index contributed by atoms with van der Waals surface area (Å²) in [5.74, 6) is -0.420. The molecule has 2 fully saturated rings. The number of carboxylic acids is 1. The van der Waals surface area contributed by atoms with Gasteiger partial charge in [-0.25, -0.2) is 0 Å². The third-order valence-corrected chi connectivity index (χ3v) is 7.93. The standard InChI is InChI=1S/C30H41N3O5/c1-18(2)19-7-9-20(10-8-19)23-12-13-24(38-23)26(34)31-22-15-16-33(27(22)35)25-14-11-21(32-29(3,4)5)17-30(25,6)28(36)37/h7-10,12-13,18,21-22,25,32H,11,14-17H2,1-6H3,(H,31,34)(H,36,37)/t21?,22-,25?,30?/m0/s1. The Hall–Kier alpha value is -3.13. The molecule has 1 aromatic carbocycles. The minimum Gasteiger partial charge on any atom is -0.481 e. The van der Waals surface area contributed by atoms with Gasteiger partial charge in [-0.2, -0.15) is 0 Å². The number of nitrogens with zero attached hydrogens (tertiary/aromatic N) is 1. The molecule has 3 unspecified atom stereocenters. The van der Waals surface area contributed by atoms with Crippen molar-refractivity contribution in [2.75, 3.05) is 6.54 Å². The van der Waals surface area contributed by atoms with E-state index >= 15 is 0 Å². The van der Waals surface area contributed by atoms with E-state index in [-0.39, 0.29) is 23.2 Å². The highest BCUT2D eigenvalue weighted by molar-refractivity contribution is 5.96. The zero-order valence-electron chi connectivity index (χ0n) is 23.3. The van der Waals surface area contributed by atoms with Crippen LogP contribution in [0.4, 0.5) is 0 Å². The zero-order chi connectivity index (χ0) is 27.8. The SMILES string of the molecule is CC(C)c1ccc(-c2ccc(C(=O)N[C@H]3CCN(C4CCC(NC(C)(C)C)CC4(C)C(=O)O)C3=O)o2)cc1. The van der Waals surface area contributed by atoms with Gasteiger partial charge in [-0.1, -0.05) is 38.1 Å². The summed E-state index contributed by atoms with van der Waals surface area (Å²) in [5.41, 5.74) is 0.900. The molecule has 1 saturated carbocycles. The molecule has 1 aliphatic heterocycles. The Labute approximate surface area is 225 Å². The molecule has 3 N–H and O–H groups in total. The first-order chi connectivity index (χ1) is 17.8. The van der Waals surface area contributed by atoms with Crippen molar-refractivity contribution in [2.24, 2.45) is 5.41 Å². The average Bonchev–Trinajstić information content (AvgIpc) is 3.46. The zero-order valence-corrected chi connectivity index (χ0v) is 23.3. The lowest BCUT2D eigenvalue weighted by Crippen LogP contribution is -2.59. The Kier molecular flexibility index (Phi) is 7.75. The van der Waals surface area contributed by atoms with Gasteiger partial charge in [-0.05, 0) is 77.0 Å². The molecule has 1 aliphatic carbocycles. The molecule has 8 nitrogen and oxygen atoms in total. The number of benzene rings is 1. The Balaban J connectivity index is 1.41. The Bertz CT molecular complexity index is 1180. The van der Waals surface area contributed by atoms with Crippen LogP contribution in [0.5, 0.6) is 0 Å². The van der Waals surface area contributed by atoms with Gasteiger partial charge in [0.2, 0.25) is 5.91 Å². The van der Waals surface area contributed by atoms with E-state index in [2.05, 4.69) is 45.3 Å². The van der Waals surface area contributed by atoms with Crippen molar-refractivity contribution in [1.29, 1.82) is 0 Å². The number of hydrogen-bond acceptors (Lipinski definition) is 5. The van der Waals surface area contributed by atoms with Crippen molar-refractivity contribution >= 4 is 17.8 Å². The molecule has 206 valence electrons. The second-order valence-corrected chi connectivity index (χ2v) is 12.4. The maximum atomic E-state index is 13.4. The number of rotatable bonds is 7. The number of carbonyl (C=O) groups is 3. The van der Waals surface area contributed by atoms with Gasteiger partial charge in [0.15, 0.2) is 5.76 Å². The van der Waals surface area contributed by atoms with Crippen LogP contribution in [0.1, 0.15) is 89.3 Å². The number of hydrogen-bond donors (Lipinski definition) is 3. The maximum absolute atomic E-state index is 13.4. The van der Waals surface area contributed by atoms with Crippen molar-refractivity contribution in [1.82, 2.24) is 15.5 Å². The van der Waals surface area contributed by atoms with Gasteiger partial charge in [0.25, 0.3) is 5.91 Å². The average molecular weight is 524 g/mol. The van der Waals surface area contributed by atoms with E-state index in [1.54, 1.807) is 24.0 Å². The predicted molar refractivity (Wildman–Crippen MR) is 146 cm³/mol. The Morgan fingerprint density at radius 2 is 1.76 bits per heavy atom. The summed E-state index contributed by atoms with van der Waals surface area (Å²) in [4.78, 5) is 40.4. The summed E-state index contributed by atoms with van der Waals surface area (Å²) in [6.45, 7) is 12.6. The number of amides is 2. The lowest BCUT2D eigenvalue weighted by atomic mass is 9.68. The van der Waals surface area contributed by atoms with Crippen molar-refractivity contribution in [3.63, 3.8) is 0 Å². The number of carboxylic acid groups (broad SMARTS) is 1. The molecule has 2 heterocycles. The first kappa shape index (κ1) is 27.9. The molecule has 0 spiro atoms. The van der Waals surface area contributed by atoms with E-state index in [1.807, 2.05) is 24.3 Å². The fourth-order valence-electron chi connectivity index (χ4n) is 5.91. The van der Waals surface area contributed by atoms with Crippen LogP contribution in [0.2, 0.25) is 0 Å². The topological polar surface area (TPSA) is 112 Å². The van der Waals surface area contributed by atoms with Gasteiger partial charge in [0.05, 0.1) is 5.41 Å². The summed E-state index contributed by atoms with van der Waals surface area (Å²) in [6, 6.07) is 10.3. The third kappa shape index (κ3) is 5.80. The van der Waals surface area contributed by atoms with Crippen molar-refractivity contribution in [2.45, 2.75) is 96.8 Å². The Morgan fingerprint density at radius 3 is 2.37 bits per heavy atom. The van der Waals surface area contributed by atoms with E-state index in [0.717, 1.165) is 12.0 Å². The largest absolute Gasteiger partial charge is 0.481 e. The van der Waals surface area contributed by atoms with Crippen LogP contribution in [-0.4, -0.2) is 58.0 Å². The molecule has 4 atom stereocenters. The summed E-state index contributed by atoms with van der Waals surface area (Å²) >= 11 is 0.